The number of carbonyl (C=O) groups excluding carboxylic acids is 1. The quantitative estimate of drug-likeness (QED) is 0.414. The molecule has 0 bridgehead atoms. The minimum atomic E-state index is -0.485. The van der Waals surface area contributed by atoms with E-state index < -0.39 is 4.92 Å². The molecule has 0 unspecified atom stereocenters. The van der Waals surface area contributed by atoms with Crippen molar-refractivity contribution in [3.05, 3.63) is 45.6 Å². The average Bonchev–Trinajstić information content (AvgIpc) is 2.98. The summed E-state index contributed by atoms with van der Waals surface area (Å²) in [5.41, 5.74) is 2.74. The van der Waals surface area contributed by atoms with Crippen molar-refractivity contribution in [3.63, 3.8) is 0 Å². The van der Waals surface area contributed by atoms with Gasteiger partial charge in [0.05, 0.1) is 4.92 Å². The van der Waals surface area contributed by atoms with Crippen LogP contribution in [0.15, 0.2) is 29.8 Å². The van der Waals surface area contributed by atoms with Gasteiger partial charge in [0.1, 0.15) is 16.9 Å². The second-order valence-corrected chi connectivity index (χ2v) is 4.52. The van der Waals surface area contributed by atoms with Crippen LogP contribution in [0.2, 0.25) is 0 Å². The molecule has 0 amide bonds. The Kier molecular flexibility index (Phi) is 2.57. The number of aldehydes is 1. The minimum Gasteiger partial charge on any atom is -0.296 e. The maximum Gasteiger partial charge on any atom is 0.270 e. The Morgan fingerprint density at radius 2 is 2.26 bits per heavy atom. The van der Waals surface area contributed by atoms with Gasteiger partial charge in [-0.2, -0.15) is 9.61 Å². The Bertz CT molecular complexity index is 792. The van der Waals surface area contributed by atoms with Gasteiger partial charge in [0.25, 0.3) is 5.69 Å². The van der Waals surface area contributed by atoms with Crippen LogP contribution in [0.1, 0.15) is 10.5 Å². The Balaban J connectivity index is 2.23. The van der Waals surface area contributed by atoms with Crippen LogP contribution in [0.25, 0.3) is 16.2 Å². The van der Waals surface area contributed by atoms with Crippen molar-refractivity contribution in [1.82, 2.24) is 14.6 Å². The van der Waals surface area contributed by atoms with E-state index in [-0.39, 0.29) is 11.4 Å². The first-order valence-electron chi connectivity index (χ1n) is 5.23. The van der Waals surface area contributed by atoms with Gasteiger partial charge in [0, 0.05) is 17.7 Å². The van der Waals surface area contributed by atoms with Gasteiger partial charge in [-0.25, -0.2) is 4.98 Å². The van der Waals surface area contributed by atoms with Crippen LogP contribution in [0.4, 0.5) is 5.69 Å². The maximum absolute atomic E-state index is 11.2. The van der Waals surface area contributed by atoms with E-state index >= 15 is 0 Å². The standard InChI is InChI=1S/C11H6N4O3S/c16-5-9-10(13-11-14(9)12-6-19-11)7-2-1-3-8(4-7)15(17)18/h1-6H. The number of non-ortho nitro benzene ring substituents is 1. The van der Waals surface area contributed by atoms with Crippen LogP contribution >= 0.6 is 11.3 Å². The molecule has 0 fully saturated rings. The molecule has 0 radical (unpaired) electrons. The van der Waals surface area contributed by atoms with Gasteiger partial charge in [-0.3, -0.25) is 14.9 Å². The van der Waals surface area contributed by atoms with E-state index in [4.69, 9.17) is 0 Å². The monoisotopic (exact) mass is 274 g/mol. The molecular weight excluding hydrogens is 268 g/mol. The fourth-order valence-electron chi connectivity index (χ4n) is 1.79. The number of rotatable bonds is 3. The molecule has 3 aromatic rings. The van der Waals surface area contributed by atoms with Crippen LogP contribution in [0, 0.1) is 10.1 Å². The molecule has 0 N–H and O–H groups in total. The predicted molar refractivity (Wildman–Crippen MR) is 68.3 cm³/mol. The van der Waals surface area contributed by atoms with E-state index in [0.29, 0.717) is 22.5 Å². The van der Waals surface area contributed by atoms with Crippen LogP contribution < -0.4 is 0 Å². The largest absolute Gasteiger partial charge is 0.296 e. The SMILES string of the molecule is O=Cc1c(-c2cccc([N+](=O)[O-])c2)nc2scnn12. The number of benzene rings is 1. The molecule has 0 saturated carbocycles. The van der Waals surface area contributed by atoms with Gasteiger partial charge in [0.15, 0.2) is 6.29 Å². The van der Waals surface area contributed by atoms with Gasteiger partial charge in [-0.15, -0.1) is 0 Å². The fourth-order valence-corrected chi connectivity index (χ4v) is 2.42. The summed E-state index contributed by atoms with van der Waals surface area (Å²) >= 11 is 1.29. The zero-order chi connectivity index (χ0) is 13.4. The highest BCUT2D eigenvalue weighted by Gasteiger charge is 2.17. The van der Waals surface area contributed by atoms with E-state index in [9.17, 15) is 14.9 Å². The number of nitrogens with zero attached hydrogens (tertiary/aromatic N) is 4. The maximum atomic E-state index is 11.2. The highest BCUT2D eigenvalue weighted by atomic mass is 32.1. The Morgan fingerprint density at radius 1 is 1.42 bits per heavy atom. The molecule has 0 aliphatic rings. The molecule has 2 aromatic heterocycles. The zero-order valence-electron chi connectivity index (χ0n) is 9.39. The highest BCUT2D eigenvalue weighted by molar-refractivity contribution is 7.14. The Morgan fingerprint density at radius 3 is 3.00 bits per heavy atom. The van der Waals surface area contributed by atoms with Gasteiger partial charge < -0.3 is 0 Å². The van der Waals surface area contributed by atoms with E-state index in [1.165, 1.54) is 28.0 Å². The molecule has 3 rings (SSSR count). The van der Waals surface area contributed by atoms with Crippen LogP contribution in [-0.4, -0.2) is 25.8 Å². The van der Waals surface area contributed by atoms with Gasteiger partial charge in [-0.05, 0) is 0 Å². The minimum absolute atomic E-state index is 0.0429. The molecule has 8 heteroatoms. The fraction of sp³-hybridized carbons (Fsp3) is 0. The average molecular weight is 274 g/mol. The predicted octanol–water partition coefficient (Wildman–Crippen LogP) is 2.18. The first kappa shape index (κ1) is 11.5. The lowest BCUT2D eigenvalue weighted by Crippen LogP contribution is -1.94. The lowest BCUT2D eigenvalue weighted by molar-refractivity contribution is -0.384. The summed E-state index contributed by atoms with van der Waals surface area (Å²) in [6.45, 7) is 0. The number of aromatic nitrogens is 3. The number of fused-ring (bicyclic) bond motifs is 1. The zero-order valence-corrected chi connectivity index (χ0v) is 10.2. The third kappa shape index (κ3) is 1.78. The van der Waals surface area contributed by atoms with Crippen molar-refractivity contribution >= 4 is 28.3 Å². The molecule has 0 aliphatic heterocycles. The van der Waals surface area contributed by atoms with Crippen LogP contribution in [0.3, 0.4) is 0 Å². The van der Waals surface area contributed by atoms with Crippen molar-refractivity contribution in [1.29, 1.82) is 0 Å². The highest BCUT2D eigenvalue weighted by Crippen LogP contribution is 2.27. The van der Waals surface area contributed by atoms with Crippen molar-refractivity contribution in [2.45, 2.75) is 0 Å². The third-order valence-corrected chi connectivity index (χ3v) is 3.30. The summed E-state index contributed by atoms with van der Waals surface area (Å²) < 4.78 is 1.42. The Labute approximate surface area is 110 Å². The smallest absolute Gasteiger partial charge is 0.270 e. The summed E-state index contributed by atoms with van der Waals surface area (Å²) in [5.74, 6) is 0. The molecule has 0 saturated heterocycles. The summed E-state index contributed by atoms with van der Waals surface area (Å²) in [5, 5.41) is 14.8. The number of nitro benzene ring substituents is 1. The lowest BCUT2D eigenvalue weighted by atomic mass is 10.1. The van der Waals surface area contributed by atoms with Crippen molar-refractivity contribution in [2.75, 3.05) is 0 Å². The summed E-state index contributed by atoms with van der Waals surface area (Å²) in [7, 11) is 0. The Hall–Kier alpha value is -2.61. The molecular formula is C11H6N4O3S. The number of nitro groups is 1. The summed E-state index contributed by atoms with van der Waals surface area (Å²) in [6, 6.07) is 6.01. The molecule has 2 heterocycles. The number of imidazole rings is 1. The van der Waals surface area contributed by atoms with Crippen molar-refractivity contribution < 1.29 is 9.72 Å². The van der Waals surface area contributed by atoms with E-state index in [1.54, 1.807) is 17.6 Å². The van der Waals surface area contributed by atoms with Gasteiger partial charge in [-0.1, -0.05) is 23.5 Å². The second-order valence-electron chi connectivity index (χ2n) is 3.70. The van der Waals surface area contributed by atoms with E-state index in [2.05, 4.69) is 10.1 Å². The molecule has 1 aromatic carbocycles. The molecule has 94 valence electrons. The second kappa shape index (κ2) is 4.25. The van der Waals surface area contributed by atoms with Gasteiger partial charge in [0.2, 0.25) is 4.96 Å². The topological polar surface area (TPSA) is 90.4 Å². The van der Waals surface area contributed by atoms with Crippen LogP contribution in [-0.2, 0) is 0 Å². The molecule has 0 aliphatic carbocycles. The lowest BCUT2D eigenvalue weighted by Gasteiger charge is -1.98. The molecule has 0 spiro atoms. The molecule has 7 nitrogen and oxygen atoms in total. The third-order valence-electron chi connectivity index (χ3n) is 2.62. The molecule has 19 heavy (non-hydrogen) atoms. The van der Waals surface area contributed by atoms with Gasteiger partial charge >= 0.3 is 0 Å². The van der Waals surface area contributed by atoms with E-state index in [1.807, 2.05) is 0 Å². The van der Waals surface area contributed by atoms with Crippen molar-refractivity contribution in [3.8, 4) is 11.3 Å². The number of hydrogen-bond donors (Lipinski definition) is 0. The molecule has 0 atom stereocenters. The normalized spacial score (nSPS) is 10.7. The first-order chi connectivity index (χ1) is 9.20. The summed E-state index contributed by atoms with van der Waals surface area (Å²) in [6.07, 6.45) is 0.647. The first-order valence-corrected chi connectivity index (χ1v) is 6.11. The van der Waals surface area contributed by atoms with Crippen molar-refractivity contribution in [2.24, 2.45) is 0 Å². The van der Waals surface area contributed by atoms with E-state index in [0.717, 1.165) is 0 Å². The van der Waals surface area contributed by atoms with Crippen LogP contribution in [0.5, 0.6) is 0 Å². The number of hydrogen-bond acceptors (Lipinski definition) is 6. The summed E-state index contributed by atoms with van der Waals surface area (Å²) in [4.78, 5) is 26.3. The number of carbonyl (C=O) groups is 1.